The van der Waals surface area contributed by atoms with Crippen LogP contribution in [0.15, 0.2) is 12.1 Å². The topological polar surface area (TPSA) is 29.3 Å². The number of hydrogen-bond acceptors (Lipinski definition) is 2. The molecule has 0 saturated carbocycles. The van der Waals surface area contributed by atoms with E-state index in [4.69, 9.17) is 5.73 Å². The van der Waals surface area contributed by atoms with Gasteiger partial charge in [-0.25, -0.2) is 0 Å². The summed E-state index contributed by atoms with van der Waals surface area (Å²) in [6.45, 7) is 9.75. The van der Waals surface area contributed by atoms with Crippen molar-refractivity contribution in [3.05, 3.63) is 28.8 Å². The molecule has 0 aromatic heterocycles. The van der Waals surface area contributed by atoms with Crippen LogP contribution in [0.3, 0.4) is 0 Å². The molecule has 1 atom stereocenters. The lowest BCUT2D eigenvalue weighted by molar-refractivity contribution is 0.395. The van der Waals surface area contributed by atoms with Crippen molar-refractivity contribution in [3.63, 3.8) is 0 Å². The minimum atomic E-state index is 0.239. The van der Waals surface area contributed by atoms with E-state index in [1.54, 1.807) is 0 Å². The Morgan fingerprint density at radius 3 is 2.65 bits per heavy atom. The molecule has 0 fully saturated rings. The SMILES string of the molecule is Cc1cc2c(cc1CN)[C@@H](C)CC(C)(C)N2C. The number of fused-ring (bicyclic) bond motifs is 1. The number of rotatable bonds is 1. The lowest BCUT2D eigenvalue weighted by atomic mass is 9.79. The fourth-order valence-corrected chi connectivity index (χ4v) is 2.98. The highest BCUT2D eigenvalue weighted by Crippen LogP contribution is 2.43. The fraction of sp³-hybridized carbons (Fsp3) is 0.600. The van der Waals surface area contributed by atoms with E-state index in [2.05, 4.69) is 51.8 Å². The molecule has 0 spiro atoms. The van der Waals surface area contributed by atoms with E-state index in [-0.39, 0.29) is 5.54 Å². The molecule has 1 aliphatic heterocycles. The summed E-state index contributed by atoms with van der Waals surface area (Å²) in [5.74, 6) is 0.613. The molecule has 1 aromatic rings. The summed E-state index contributed by atoms with van der Waals surface area (Å²) in [4.78, 5) is 2.41. The van der Waals surface area contributed by atoms with Gasteiger partial charge in [-0.2, -0.15) is 0 Å². The van der Waals surface area contributed by atoms with Gasteiger partial charge in [-0.15, -0.1) is 0 Å². The second kappa shape index (κ2) is 4.02. The van der Waals surface area contributed by atoms with E-state index in [1.807, 2.05) is 0 Å². The lowest BCUT2D eigenvalue weighted by Gasteiger charge is -2.45. The van der Waals surface area contributed by atoms with Crippen LogP contribution in [-0.2, 0) is 6.54 Å². The molecule has 1 aromatic carbocycles. The molecule has 2 nitrogen and oxygen atoms in total. The Balaban J connectivity index is 2.57. The molecule has 1 aliphatic rings. The summed E-state index contributed by atoms with van der Waals surface area (Å²) in [7, 11) is 2.20. The van der Waals surface area contributed by atoms with Crippen LogP contribution in [-0.4, -0.2) is 12.6 Å². The van der Waals surface area contributed by atoms with Gasteiger partial charge in [0.15, 0.2) is 0 Å². The van der Waals surface area contributed by atoms with Gasteiger partial charge in [0.05, 0.1) is 0 Å². The van der Waals surface area contributed by atoms with Crippen molar-refractivity contribution < 1.29 is 0 Å². The monoisotopic (exact) mass is 232 g/mol. The van der Waals surface area contributed by atoms with Crippen molar-refractivity contribution in [1.29, 1.82) is 0 Å². The highest BCUT2D eigenvalue weighted by atomic mass is 15.2. The minimum absolute atomic E-state index is 0.239. The Bertz CT molecular complexity index is 435. The number of benzene rings is 1. The van der Waals surface area contributed by atoms with Crippen molar-refractivity contribution in [2.24, 2.45) is 5.73 Å². The van der Waals surface area contributed by atoms with Crippen molar-refractivity contribution >= 4 is 5.69 Å². The maximum Gasteiger partial charge on any atom is 0.0406 e. The maximum atomic E-state index is 5.80. The Morgan fingerprint density at radius 1 is 1.41 bits per heavy atom. The number of nitrogens with zero attached hydrogens (tertiary/aromatic N) is 1. The van der Waals surface area contributed by atoms with Crippen LogP contribution in [0, 0.1) is 6.92 Å². The van der Waals surface area contributed by atoms with Gasteiger partial charge >= 0.3 is 0 Å². The summed E-state index contributed by atoms with van der Waals surface area (Å²) < 4.78 is 0. The van der Waals surface area contributed by atoms with E-state index < -0.39 is 0 Å². The smallest absolute Gasteiger partial charge is 0.0406 e. The second-order valence-electron chi connectivity index (χ2n) is 6.02. The first-order valence-corrected chi connectivity index (χ1v) is 6.44. The summed E-state index contributed by atoms with van der Waals surface area (Å²) in [5.41, 5.74) is 11.5. The largest absolute Gasteiger partial charge is 0.369 e. The van der Waals surface area contributed by atoms with Gasteiger partial charge in [0.1, 0.15) is 0 Å². The molecule has 17 heavy (non-hydrogen) atoms. The van der Waals surface area contributed by atoms with Crippen molar-refractivity contribution in [3.8, 4) is 0 Å². The van der Waals surface area contributed by atoms with Crippen LogP contribution in [0.5, 0.6) is 0 Å². The van der Waals surface area contributed by atoms with Crippen LogP contribution in [0.25, 0.3) is 0 Å². The molecule has 1 heterocycles. The number of aryl methyl sites for hydroxylation is 1. The third kappa shape index (κ3) is 1.95. The highest BCUT2D eigenvalue weighted by Gasteiger charge is 2.34. The average molecular weight is 232 g/mol. The van der Waals surface area contributed by atoms with Gasteiger partial charge in [0.2, 0.25) is 0 Å². The standard InChI is InChI=1S/C15H24N2/c1-10-6-14-13(7-12(10)9-16)11(2)8-15(3,4)17(14)5/h6-7,11H,8-9,16H2,1-5H3/t11-/m0/s1. The quantitative estimate of drug-likeness (QED) is 0.806. The molecule has 2 heteroatoms. The predicted molar refractivity (Wildman–Crippen MR) is 74.6 cm³/mol. The molecular weight excluding hydrogens is 208 g/mol. The summed E-state index contributed by atoms with van der Waals surface area (Å²) in [6.07, 6.45) is 1.20. The van der Waals surface area contributed by atoms with Crippen LogP contribution in [0.1, 0.15) is 49.8 Å². The Morgan fingerprint density at radius 2 is 2.06 bits per heavy atom. The van der Waals surface area contributed by atoms with E-state index in [0.29, 0.717) is 12.5 Å². The first-order valence-electron chi connectivity index (χ1n) is 6.44. The molecule has 2 rings (SSSR count). The molecular formula is C15H24N2. The molecule has 0 amide bonds. The highest BCUT2D eigenvalue weighted by molar-refractivity contribution is 5.62. The zero-order valence-corrected chi connectivity index (χ0v) is 11.7. The van der Waals surface area contributed by atoms with Crippen LogP contribution in [0.4, 0.5) is 5.69 Å². The van der Waals surface area contributed by atoms with Gasteiger partial charge in [-0.1, -0.05) is 13.0 Å². The second-order valence-corrected chi connectivity index (χ2v) is 6.02. The van der Waals surface area contributed by atoms with E-state index >= 15 is 0 Å². The first kappa shape index (κ1) is 12.4. The molecule has 0 saturated heterocycles. The zero-order valence-electron chi connectivity index (χ0n) is 11.7. The molecule has 0 radical (unpaired) electrons. The van der Waals surface area contributed by atoms with Gasteiger partial charge < -0.3 is 10.6 Å². The van der Waals surface area contributed by atoms with E-state index in [9.17, 15) is 0 Å². The van der Waals surface area contributed by atoms with Crippen molar-refractivity contribution in [2.75, 3.05) is 11.9 Å². The van der Waals surface area contributed by atoms with E-state index in [0.717, 1.165) is 0 Å². The van der Waals surface area contributed by atoms with Crippen LogP contribution >= 0.6 is 0 Å². The van der Waals surface area contributed by atoms with Gasteiger partial charge in [-0.3, -0.25) is 0 Å². The molecule has 94 valence electrons. The Hall–Kier alpha value is -1.02. The first-order chi connectivity index (χ1) is 7.86. The molecule has 0 aliphatic carbocycles. The number of hydrogen-bond donors (Lipinski definition) is 1. The van der Waals surface area contributed by atoms with Crippen LogP contribution in [0.2, 0.25) is 0 Å². The Labute approximate surface area is 105 Å². The number of nitrogens with two attached hydrogens (primary N) is 1. The Kier molecular flexibility index (Phi) is 2.94. The average Bonchev–Trinajstić information content (AvgIpc) is 2.25. The van der Waals surface area contributed by atoms with E-state index in [1.165, 1.54) is 28.8 Å². The van der Waals surface area contributed by atoms with Gasteiger partial charge in [-0.05, 0) is 55.9 Å². The minimum Gasteiger partial charge on any atom is -0.369 e. The molecule has 0 unspecified atom stereocenters. The predicted octanol–water partition coefficient (Wildman–Crippen LogP) is 3.18. The third-order valence-electron chi connectivity index (χ3n) is 4.31. The fourth-order valence-electron chi connectivity index (χ4n) is 2.98. The molecule has 0 bridgehead atoms. The van der Waals surface area contributed by atoms with Crippen molar-refractivity contribution in [1.82, 2.24) is 0 Å². The third-order valence-corrected chi connectivity index (χ3v) is 4.31. The van der Waals surface area contributed by atoms with Crippen LogP contribution < -0.4 is 10.6 Å². The van der Waals surface area contributed by atoms with Crippen molar-refractivity contribution in [2.45, 2.75) is 52.1 Å². The lowest BCUT2D eigenvalue weighted by Crippen LogP contribution is -2.45. The van der Waals surface area contributed by atoms with Gasteiger partial charge in [0.25, 0.3) is 0 Å². The summed E-state index contributed by atoms with van der Waals surface area (Å²) >= 11 is 0. The normalized spacial score (nSPS) is 22.5. The number of anilines is 1. The van der Waals surface area contributed by atoms with Gasteiger partial charge in [0, 0.05) is 24.8 Å². The molecule has 2 N–H and O–H groups in total. The maximum absolute atomic E-state index is 5.80. The summed E-state index contributed by atoms with van der Waals surface area (Å²) in [5, 5.41) is 0. The summed E-state index contributed by atoms with van der Waals surface area (Å²) in [6, 6.07) is 4.61. The zero-order chi connectivity index (χ0) is 12.8.